The van der Waals surface area contributed by atoms with Crippen LogP contribution in [-0.2, 0) is 9.53 Å². The molecule has 1 fully saturated rings. The quantitative estimate of drug-likeness (QED) is 0.711. The molecule has 3 N–H and O–H groups in total. The van der Waals surface area contributed by atoms with Crippen LogP contribution in [0.4, 0.5) is 0 Å². The number of carbonyl (C=O) groups excluding carboxylic acids is 1. The lowest BCUT2D eigenvalue weighted by Crippen LogP contribution is -2.51. The first-order valence-electron chi connectivity index (χ1n) is 5.72. The van der Waals surface area contributed by atoms with E-state index < -0.39 is 0 Å². The summed E-state index contributed by atoms with van der Waals surface area (Å²) in [6, 6.07) is 0. The fourth-order valence-electron chi connectivity index (χ4n) is 1.68. The Morgan fingerprint density at radius 1 is 1.67 bits per heavy atom. The third-order valence-corrected chi connectivity index (χ3v) is 3.11. The van der Waals surface area contributed by atoms with E-state index in [0.717, 1.165) is 25.9 Å². The zero-order chi connectivity index (χ0) is 11.3. The van der Waals surface area contributed by atoms with Crippen LogP contribution in [0.3, 0.4) is 0 Å². The van der Waals surface area contributed by atoms with E-state index in [1.807, 2.05) is 13.8 Å². The summed E-state index contributed by atoms with van der Waals surface area (Å²) >= 11 is 0. The van der Waals surface area contributed by atoms with Gasteiger partial charge in [-0.15, -0.1) is 0 Å². The topological polar surface area (TPSA) is 64.3 Å². The zero-order valence-corrected chi connectivity index (χ0v) is 9.71. The summed E-state index contributed by atoms with van der Waals surface area (Å²) in [6.07, 6.45) is 3.50. The largest absolute Gasteiger partial charge is 0.378 e. The van der Waals surface area contributed by atoms with E-state index in [2.05, 4.69) is 5.32 Å². The van der Waals surface area contributed by atoms with E-state index >= 15 is 0 Å². The van der Waals surface area contributed by atoms with Crippen molar-refractivity contribution in [1.29, 1.82) is 0 Å². The minimum absolute atomic E-state index is 0.0525. The lowest BCUT2D eigenvalue weighted by atomic mass is 9.98. The van der Waals surface area contributed by atoms with E-state index in [0.29, 0.717) is 13.0 Å². The molecule has 0 aliphatic carbocycles. The van der Waals surface area contributed by atoms with Crippen molar-refractivity contribution in [3.8, 4) is 0 Å². The van der Waals surface area contributed by atoms with Crippen molar-refractivity contribution in [3.63, 3.8) is 0 Å². The molecule has 1 amide bonds. The normalized spacial score (nSPS) is 24.9. The smallest absolute Gasteiger partial charge is 0.223 e. The summed E-state index contributed by atoms with van der Waals surface area (Å²) in [5.41, 5.74) is 5.36. The second-order valence-corrected chi connectivity index (χ2v) is 4.51. The molecule has 15 heavy (non-hydrogen) atoms. The Morgan fingerprint density at radius 2 is 2.40 bits per heavy atom. The van der Waals surface area contributed by atoms with E-state index in [9.17, 15) is 4.79 Å². The second kappa shape index (κ2) is 5.47. The van der Waals surface area contributed by atoms with Gasteiger partial charge in [0.05, 0.1) is 12.5 Å². The van der Waals surface area contributed by atoms with Gasteiger partial charge in [0.2, 0.25) is 5.91 Å². The molecule has 0 aromatic rings. The van der Waals surface area contributed by atoms with Crippen LogP contribution < -0.4 is 11.1 Å². The first kappa shape index (κ1) is 12.5. The van der Waals surface area contributed by atoms with Crippen molar-refractivity contribution in [3.05, 3.63) is 0 Å². The Balaban J connectivity index is 2.33. The number of ether oxygens (including phenoxy) is 1. The van der Waals surface area contributed by atoms with Crippen LogP contribution >= 0.6 is 0 Å². The summed E-state index contributed by atoms with van der Waals surface area (Å²) in [7, 11) is 0. The summed E-state index contributed by atoms with van der Waals surface area (Å²) in [4.78, 5) is 11.7. The predicted molar refractivity (Wildman–Crippen MR) is 59.5 cm³/mol. The van der Waals surface area contributed by atoms with Gasteiger partial charge < -0.3 is 15.8 Å². The zero-order valence-electron chi connectivity index (χ0n) is 9.71. The molecule has 4 heteroatoms. The number of carbonyl (C=O) groups is 1. The minimum Gasteiger partial charge on any atom is -0.378 e. The molecule has 0 spiro atoms. The summed E-state index contributed by atoms with van der Waals surface area (Å²) < 4.78 is 5.41. The van der Waals surface area contributed by atoms with E-state index in [-0.39, 0.29) is 17.6 Å². The van der Waals surface area contributed by atoms with Crippen molar-refractivity contribution in [2.24, 2.45) is 5.73 Å². The van der Waals surface area contributed by atoms with Gasteiger partial charge >= 0.3 is 0 Å². The van der Waals surface area contributed by atoms with Crippen molar-refractivity contribution >= 4 is 5.91 Å². The maximum atomic E-state index is 11.7. The lowest BCUT2D eigenvalue weighted by Gasteiger charge is -2.28. The average Bonchev–Trinajstić information content (AvgIpc) is 2.70. The van der Waals surface area contributed by atoms with Crippen LogP contribution in [-0.4, -0.2) is 30.7 Å². The standard InChI is InChI=1S/C11H22N2O2/c1-3-11(2,8-12)13-10(14)7-9-5-4-6-15-9/h9H,3-8,12H2,1-2H3,(H,13,14). The molecule has 1 aliphatic rings. The molecule has 88 valence electrons. The van der Waals surface area contributed by atoms with Crippen LogP contribution in [0.15, 0.2) is 0 Å². The monoisotopic (exact) mass is 214 g/mol. The van der Waals surface area contributed by atoms with E-state index in [1.54, 1.807) is 0 Å². The van der Waals surface area contributed by atoms with Crippen LogP contribution in [0.1, 0.15) is 39.5 Å². The highest BCUT2D eigenvalue weighted by molar-refractivity contribution is 5.77. The molecule has 2 unspecified atom stereocenters. The molecule has 2 atom stereocenters. The van der Waals surface area contributed by atoms with Gasteiger partial charge in [-0.3, -0.25) is 4.79 Å². The van der Waals surface area contributed by atoms with Crippen LogP contribution in [0, 0.1) is 0 Å². The highest BCUT2D eigenvalue weighted by Crippen LogP contribution is 2.16. The van der Waals surface area contributed by atoms with Gasteiger partial charge in [0.25, 0.3) is 0 Å². The van der Waals surface area contributed by atoms with Crippen molar-refractivity contribution in [2.45, 2.75) is 51.2 Å². The van der Waals surface area contributed by atoms with Crippen LogP contribution in [0.5, 0.6) is 0 Å². The highest BCUT2D eigenvalue weighted by atomic mass is 16.5. The molecular weight excluding hydrogens is 192 g/mol. The SMILES string of the molecule is CCC(C)(CN)NC(=O)CC1CCCO1. The van der Waals surface area contributed by atoms with Gasteiger partial charge in [0.1, 0.15) is 0 Å². The number of amides is 1. The number of hydrogen-bond acceptors (Lipinski definition) is 3. The molecule has 4 nitrogen and oxygen atoms in total. The molecular formula is C11H22N2O2. The van der Waals surface area contributed by atoms with Gasteiger partial charge in [-0.25, -0.2) is 0 Å². The Labute approximate surface area is 91.5 Å². The number of rotatable bonds is 5. The molecule has 0 aromatic carbocycles. The number of nitrogens with one attached hydrogen (secondary N) is 1. The van der Waals surface area contributed by atoms with E-state index in [1.165, 1.54) is 0 Å². The summed E-state index contributed by atoms with van der Waals surface area (Å²) in [5.74, 6) is 0.0525. The van der Waals surface area contributed by atoms with Crippen LogP contribution in [0.25, 0.3) is 0 Å². The lowest BCUT2D eigenvalue weighted by molar-refractivity contribution is -0.125. The van der Waals surface area contributed by atoms with Gasteiger partial charge in [-0.1, -0.05) is 6.92 Å². The van der Waals surface area contributed by atoms with Crippen molar-refractivity contribution in [1.82, 2.24) is 5.32 Å². The molecule has 0 radical (unpaired) electrons. The maximum Gasteiger partial charge on any atom is 0.223 e. The number of hydrogen-bond donors (Lipinski definition) is 2. The minimum atomic E-state index is -0.268. The van der Waals surface area contributed by atoms with Crippen molar-refractivity contribution < 1.29 is 9.53 Å². The van der Waals surface area contributed by atoms with E-state index in [4.69, 9.17) is 10.5 Å². The first-order chi connectivity index (χ1) is 7.09. The summed E-state index contributed by atoms with van der Waals surface area (Å²) in [6.45, 7) is 5.26. The molecule has 1 heterocycles. The third-order valence-electron chi connectivity index (χ3n) is 3.11. The number of nitrogens with two attached hydrogens (primary N) is 1. The Kier molecular flexibility index (Phi) is 4.54. The first-order valence-corrected chi connectivity index (χ1v) is 5.72. The molecule has 0 aromatic heterocycles. The predicted octanol–water partition coefficient (Wildman–Crippen LogP) is 0.799. The molecule has 0 saturated carbocycles. The fourth-order valence-corrected chi connectivity index (χ4v) is 1.68. The molecule has 1 aliphatic heterocycles. The Bertz CT molecular complexity index is 209. The van der Waals surface area contributed by atoms with Gasteiger partial charge in [0.15, 0.2) is 0 Å². The van der Waals surface area contributed by atoms with Gasteiger partial charge in [0, 0.05) is 18.7 Å². The highest BCUT2D eigenvalue weighted by Gasteiger charge is 2.25. The van der Waals surface area contributed by atoms with Gasteiger partial charge in [-0.05, 0) is 26.2 Å². The molecule has 1 rings (SSSR count). The summed E-state index contributed by atoms with van der Waals surface area (Å²) in [5, 5.41) is 2.98. The molecule has 0 bridgehead atoms. The Hall–Kier alpha value is -0.610. The maximum absolute atomic E-state index is 11.7. The van der Waals surface area contributed by atoms with Crippen LogP contribution in [0.2, 0.25) is 0 Å². The van der Waals surface area contributed by atoms with Gasteiger partial charge in [-0.2, -0.15) is 0 Å². The molecule has 1 saturated heterocycles. The second-order valence-electron chi connectivity index (χ2n) is 4.51. The fraction of sp³-hybridized carbons (Fsp3) is 0.909. The average molecular weight is 214 g/mol. The Morgan fingerprint density at radius 3 is 2.87 bits per heavy atom. The van der Waals surface area contributed by atoms with Crippen molar-refractivity contribution in [2.75, 3.05) is 13.2 Å². The third kappa shape index (κ3) is 3.80.